The summed E-state index contributed by atoms with van der Waals surface area (Å²) >= 11 is 0. The molecule has 0 N–H and O–H groups in total. The smallest absolute Gasteiger partial charge is 0.320 e. The summed E-state index contributed by atoms with van der Waals surface area (Å²) in [6.45, 7) is 3.22. The maximum atomic E-state index is 12.0. The number of rotatable bonds is 8. The summed E-state index contributed by atoms with van der Waals surface area (Å²) in [4.78, 5) is 34.6. The van der Waals surface area contributed by atoms with Crippen LogP contribution in [0.15, 0.2) is 18.2 Å². The second-order valence-electron chi connectivity index (χ2n) is 4.43. The van der Waals surface area contributed by atoms with E-state index in [-0.39, 0.29) is 36.6 Å². The van der Waals surface area contributed by atoms with Crippen LogP contribution in [0, 0.1) is 16.0 Å². The van der Waals surface area contributed by atoms with E-state index in [4.69, 9.17) is 17.0 Å². The van der Waals surface area contributed by atoms with E-state index in [1.54, 1.807) is 13.8 Å². The number of ether oxygens (including phenoxy) is 3. The summed E-state index contributed by atoms with van der Waals surface area (Å²) in [6.07, 6.45) is -0.328. The van der Waals surface area contributed by atoms with E-state index in [0.29, 0.717) is 0 Å². The van der Waals surface area contributed by atoms with Crippen LogP contribution in [0.4, 0.5) is 5.69 Å². The molecule has 0 aliphatic carbocycles. The summed E-state index contributed by atoms with van der Waals surface area (Å²) in [5.74, 6) is -3.01. The molecule has 0 saturated heterocycles. The molecule has 1 aromatic rings. The van der Waals surface area contributed by atoms with E-state index in [2.05, 4.69) is 0 Å². The number of hydrogen-bond donors (Lipinski definition) is 0. The molecule has 126 valence electrons. The predicted molar refractivity (Wildman–Crippen MR) is 80.1 cm³/mol. The lowest BCUT2D eigenvalue weighted by molar-refractivity contribution is -0.385. The molecule has 0 radical (unpaired) electrons. The van der Waals surface area contributed by atoms with E-state index in [1.165, 1.54) is 12.1 Å². The average Bonchev–Trinajstić information content (AvgIpc) is 2.52. The minimum absolute atomic E-state index is 0.0363. The first-order valence-corrected chi connectivity index (χ1v) is 6.91. The minimum atomic E-state index is -1.62. The van der Waals surface area contributed by atoms with Crippen molar-refractivity contribution in [2.24, 2.45) is 5.92 Å². The molecule has 0 atom stereocenters. The number of nitrogens with zero attached hydrogens (tertiary/aromatic N) is 1. The Kier molecular flexibility index (Phi) is 5.79. The van der Waals surface area contributed by atoms with Crippen molar-refractivity contribution < 1.29 is 31.5 Å². The zero-order valence-corrected chi connectivity index (χ0v) is 12.8. The first-order valence-electron chi connectivity index (χ1n) is 8.07. The third kappa shape index (κ3) is 4.94. The van der Waals surface area contributed by atoms with Gasteiger partial charge < -0.3 is 14.2 Å². The van der Waals surface area contributed by atoms with Crippen molar-refractivity contribution >= 4 is 17.6 Å². The Balaban J connectivity index is 3.21. The molecule has 8 heteroatoms. The highest BCUT2D eigenvalue weighted by Gasteiger charge is 2.32. The van der Waals surface area contributed by atoms with Gasteiger partial charge >= 0.3 is 11.9 Å². The number of esters is 2. The Bertz CT molecular complexity index is 618. The van der Waals surface area contributed by atoms with Crippen molar-refractivity contribution in [3.8, 4) is 5.75 Å². The Morgan fingerprint density at radius 1 is 1.26 bits per heavy atom. The normalized spacial score (nSPS) is 11.7. The van der Waals surface area contributed by atoms with Crippen molar-refractivity contribution in [2.75, 3.05) is 20.3 Å². The third-order valence-electron chi connectivity index (χ3n) is 2.95. The first-order chi connectivity index (χ1) is 11.8. The fourth-order valence-electron chi connectivity index (χ4n) is 1.95. The molecular formula is C15H19NO7. The molecule has 23 heavy (non-hydrogen) atoms. The summed E-state index contributed by atoms with van der Waals surface area (Å²) in [5, 5.41) is 11.2. The quantitative estimate of drug-likeness (QED) is 0.311. The minimum Gasteiger partial charge on any atom is -0.497 e. The van der Waals surface area contributed by atoms with Crippen molar-refractivity contribution in [1.29, 1.82) is 0 Å². The van der Waals surface area contributed by atoms with Crippen LogP contribution in [-0.4, -0.2) is 37.1 Å². The van der Waals surface area contributed by atoms with Crippen LogP contribution >= 0.6 is 0 Å². The number of benzene rings is 1. The lowest BCUT2D eigenvalue weighted by Gasteiger charge is -2.15. The maximum absolute atomic E-state index is 12.0. The molecule has 0 fully saturated rings. The number of nitro groups is 1. The van der Waals surface area contributed by atoms with Crippen LogP contribution < -0.4 is 4.74 Å². The predicted octanol–water partition coefficient (Wildman–Crippen LogP) is 1.89. The molecule has 0 aliphatic rings. The van der Waals surface area contributed by atoms with Gasteiger partial charge in [0, 0.05) is 18.1 Å². The third-order valence-corrected chi connectivity index (χ3v) is 2.95. The largest absolute Gasteiger partial charge is 0.497 e. The molecule has 1 aromatic carbocycles. The number of methoxy groups -OCH3 is 1. The van der Waals surface area contributed by atoms with Gasteiger partial charge in [-0.05, 0) is 26.0 Å². The van der Waals surface area contributed by atoms with Crippen molar-refractivity contribution in [3.05, 3.63) is 33.9 Å². The molecule has 0 unspecified atom stereocenters. The second-order valence-corrected chi connectivity index (χ2v) is 4.43. The van der Waals surface area contributed by atoms with Crippen LogP contribution in [0.3, 0.4) is 0 Å². The summed E-state index contributed by atoms with van der Waals surface area (Å²) in [6, 6.07) is 3.58. The van der Waals surface area contributed by atoms with Gasteiger partial charge in [-0.15, -0.1) is 0 Å². The van der Waals surface area contributed by atoms with Crippen molar-refractivity contribution in [1.82, 2.24) is 0 Å². The lowest BCUT2D eigenvalue weighted by atomic mass is 9.98. The van der Waals surface area contributed by atoms with E-state index >= 15 is 0 Å². The highest BCUT2D eigenvalue weighted by Crippen LogP contribution is 2.27. The SMILES string of the molecule is [2H]C([2H])Oc1ccc([N+](=O)[O-])c(CC(C(=O)OCC)C(=O)OCC)c1. The zero-order valence-electron chi connectivity index (χ0n) is 14.8. The molecule has 0 aliphatic heterocycles. The lowest BCUT2D eigenvalue weighted by Crippen LogP contribution is -2.30. The topological polar surface area (TPSA) is 105 Å². The van der Waals surface area contributed by atoms with Gasteiger partial charge in [-0.2, -0.15) is 0 Å². The highest BCUT2D eigenvalue weighted by atomic mass is 16.6. The molecule has 8 nitrogen and oxygen atoms in total. The Hall–Kier alpha value is -2.64. The van der Waals surface area contributed by atoms with Gasteiger partial charge in [-0.3, -0.25) is 19.7 Å². The van der Waals surface area contributed by atoms with Crippen LogP contribution in [0.2, 0.25) is 0 Å². The fraction of sp³-hybridized carbons (Fsp3) is 0.467. The highest BCUT2D eigenvalue weighted by molar-refractivity contribution is 5.95. The Labute approximate surface area is 136 Å². The van der Waals surface area contributed by atoms with Crippen LogP contribution in [0.25, 0.3) is 0 Å². The van der Waals surface area contributed by atoms with E-state index in [1.807, 2.05) is 0 Å². The Morgan fingerprint density at radius 3 is 2.35 bits per heavy atom. The van der Waals surface area contributed by atoms with Gasteiger partial charge in [0.1, 0.15) is 5.75 Å². The molecule has 0 heterocycles. The van der Waals surface area contributed by atoms with Gasteiger partial charge in [0.05, 0.1) is 27.9 Å². The van der Waals surface area contributed by atoms with Gasteiger partial charge in [-0.1, -0.05) is 0 Å². The van der Waals surface area contributed by atoms with Crippen molar-refractivity contribution in [3.63, 3.8) is 0 Å². The second kappa shape index (κ2) is 8.72. The number of carbonyl (C=O) groups is 2. The average molecular weight is 327 g/mol. The molecule has 1 rings (SSSR count). The van der Waals surface area contributed by atoms with E-state index in [0.717, 1.165) is 6.07 Å². The van der Waals surface area contributed by atoms with Gasteiger partial charge in [0.25, 0.3) is 5.69 Å². The molecule has 0 aromatic heterocycles. The monoisotopic (exact) mass is 327 g/mol. The number of nitro benzene ring substituents is 1. The first kappa shape index (κ1) is 15.3. The van der Waals surface area contributed by atoms with Crippen molar-refractivity contribution in [2.45, 2.75) is 20.3 Å². The Morgan fingerprint density at radius 2 is 1.87 bits per heavy atom. The molecular weight excluding hydrogens is 306 g/mol. The van der Waals surface area contributed by atoms with Gasteiger partial charge in [0.15, 0.2) is 5.92 Å². The van der Waals surface area contributed by atoms with Crippen LogP contribution in [0.5, 0.6) is 5.75 Å². The number of carbonyl (C=O) groups excluding carboxylic acids is 2. The summed E-state index contributed by atoms with van der Waals surface area (Å²) in [7, 11) is -1.62. The van der Waals surface area contributed by atoms with E-state index in [9.17, 15) is 19.7 Å². The summed E-state index contributed by atoms with van der Waals surface area (Å²) in [5.41, 5.74) is -0.285. The van der Waals surface area contributed by atoms with E-state index < -0.39 is 29.8 Å². The number of hydrogen-bond acceptors (Lipinski definition) is 7. The molecule has 0 amide bonds. The standard InChI is InChI=1S/C15H19NO7/c1-4-22-14(17)12(15(18)23-5-2)9-10-8-11(21-3)6-7-13(10)16(19)20/h6-8,12H,4-5,9H2,1-3H3/i3D2. The summed E-state index contributed by atoms with van der Waals surface area (Å²) < 4.78 is 28.7. The molecule has 0 saturated carbocycles. The van der Waals surface area contributed by atoms with Crippen LogP contribution in [-0.2, 0) is 25.5 Å². The maximum Gasteiger partial charge on any atom is 0.320 e. The zero-order chi connectivity index (χ0) is 19.0. The molecule has 0 bridgehead atoms. The van der Waals surface area contributed by atoms with Gasteiger partial charge in [0.2, 0.25) is 0 Å². The van der Waals surface area contributed by atoms with Crippen LogP contribution in [0.1, 0.15) is 22.2 Å². The van der Waals surface area contributed by atoms with Gasteiger partial charge in [-0.25, -0.2) is 0 Å². The molecule has 0 spiro atoms. The fourth-order valence-corrected chi connectivity index (χ4v) is 1.95.